The van der Waals surface area contributed by atoms with Crippen LogP contribution in [0.15, 0.2) is 16.2 Å². The standard InChI is InChI=1S/C10H15N7S/c1-3-5-8(13)9(17(2)16-5)18-10-14-6(11)4-7(12)15-10/h4H,3,13H2,1-2H3,(H4,11,12,14,15). The number of hydrogen-bond donors (Lipinski definition) is 3. The number of nitrogens with zero attached hydrogens (tertiary/aromatic N) is 4. The number of rotatable bonds is 3. The van der Waals surface area contributed by atoms with Crippen LogP contribution in [0.5, 0.6) is 0 Å². The second-order valence-electron chi connectivity index (χ2n) is 3.74. The largest absolute Gasteiger partial charge is 0.395 e. The monoisotopic (exact) mass is 265 g/mol. The molecule has 2 aromatic rings. The molecule has 96 valence electrons. The molecule has 0 amide bonds. The van der Waals surface area contributed by atoms with Gasteiger partial charge in [0, 0.05) is 13.1 Å². The van der Waals surface area contributed by atoms with E-state index in [2.05, 4.69) is 15.1 Å². The summed E-state index contributed by atoms with van der Waals surface area (Å²) >= 11 is 1.30. The molecule has 0 bridgehead atoms. The Hall–Kier alpha value is -1.96. The summed E-state index contributed by atoms with van der Waals surface area (Å²) in [6, 6.07) is 1.51. The van der Waals surface area contributed by atoms with E-state index in [9.17, 15) is 0 Å². The molecule has 0 saturated heterocycles. The van der Waals surface area contributed by atoms with Crippen LogP contribution in [0.3, 0.4) is 0 Å². The number of anilines is 3. The molecule has 2 heterocycles. The molecular formula is C10H15N7S. The number of nitrogens with two attached hydrogens (primary N) is 3. The van der Waals surface area contributed by atoms with Crippen molar-refractivity contribution in [2.45, 2.75) is 23.5 Å². The lowest BCUT2D eigenvalue weighted by molar-refractivity contribution is 0.686. The molecule has 0 radical (unpaired) electrons. The molecule has 0 spiro atoms. The van der Waals surface area contributed by atoms with E-state index in [0.29, 0.717) is 22.5 Å². The first-order chi connectivity index (χ1) is 8.51. The maximum Gasteiger partial charge on any atom is 0.197 e. The molecule has 7 nitrogen and oxygen atoms in total. The fraction of sp³-hybridized carbons (Fsp3) is 0.300. The van der Waals surface area contributed by atoms with Crippen LogP contribution < -0.4 is 17.2 Å². The Labute approximate surface area is 109 Å². The number of nitrogen functional groups attached to an aromatic ring is 3. The molecule has 18 heavy (non-hydrogen) atoms. The number of aryl methyl sites for hydroxylation is 2. The lowest BCUT2D eigenvalue weighted by Gasteiger charge is -2.03. The summed E-state index contributed by atoms with van der Waals surface area (Å²) in [7, 11) is 1.83. The second kappa shape index (κ2) is 4.73. The zero-order valence-electron chi connectivity index (χ0n) is 10.2. The van der Waals surface area contributed by atoms with Gasteiger partial charge in [0.2, 0.25) is 0 Å². The number of aromatic nitrogens is 4. The van der Waals surface area contributed by atoms with Gasteiger partial charge in [-0.1, -0.05) is 6.92 Å². The molecule has 0 atom stereocenters. The van der Waals surface area contributed by atoms with Gasteiger partial charge in [0.15, 0.2) is 5.16 Å². The molecule has 2 rings (SSSR count). The van der Waals surface area contributed by atoms with Gasteiger partial charge in [0.1, 0.15) is 16.7 Å². The third kappa shape index (κ3) is 2.33. The minimum atomic E-state index is 0.335. The van der Waals surface area contributed by atoms with Crippen LogP contribution in [0.2, 0.25) is 0 Å². The van der Waals surface area contributed by atoms with Gasteiger partial charge in [-0.05, 0) is 18.2 Å². The van der Waals surface area contributed by atoms with E-state index in [1.165, 1.54) is 17.8 Å². The van der Waals surface area contributed by atoms with E-state index >= 15 is 0 Å². The van der Waals surface area contributed by atoms with Gasteiger partial charge < -0.3 is 17.2 Å². The van der Waals surface area contributed by atoms with Crippen LogP contribution in [0.4, 0.5) is 17.3 Å². The highest BCUT2D eigenvalue weighted by Crippen LogP contribution is 2.32. The van der Waals surface area contributed by atoms with Gasteiger partial charge in [-0.2, -0.15) is 5.10 Å². The first kappa shape index (κ1) is 12.5. The van der Waals surface area contributed by atoms with Gasteiger partial charge >= 0.3 is 0 Å². The van der Waals surface area contributed by atoms with Gasteiger partial charge in [-0.15, -0.1) is 0 Å². The van der Waals surface area contributed by atoms with Crippen molar-refractivity contribution in [1.29, 1.82) is 0 Å². The number of hydrogen-bond acceptors (Lipinski definition) is 7. The van der Waals surface area contributed by atoms with Crippen LogP contribution in [-0.4, -0.2) is 19.7 Å². The molecule has 0 fully saturated rings. The van der Waals surface area contributed by atoms with Crippen molar-refractivity contribution in [2.24, 2.45) is 7.05 Å². The van der Waals surface area contributed by atoms with Gasteiger partial charge in [0.05, 0.1) is 11.4 Å². The topological polar surface area (TPSA) is 122 Å². The fourth-order valence-corrected chi connectivity index (χ4v) is 2.43. The van der Waals surface area contributed by atoms with Gasteiger partial charge in [-0.3, -0.25) is 4.68 Å². The first-order valence-corrected chi connectivity index (χ1v) is 6.22. The highest BCUT2D eigenvalue weighted by molar-refractivity contribution is 7.99. The zero-order chi connectivity index (χ0) is 13.3. The summed E-state index contributed by atoms with van der Waals surface area (Å²) < 4.78 is 1.71. The van der Waals surface area contributed by atoms with E-state index in [-0.39, 0.29) is 0 Å². The molecule has 0 aliphatic heterocycles. The maximum absolute atomic E-state index is 6.02. The SMILES string of the molecule is CCc1nn(C)c(Sc2nc(N)cc(N)n2)c1N. The lowest BCUT2D eigenvalue weighted by Crippen LogP contribution is -2.01. The summed E-state index contributed by atoms with van der Waals surface area (Å²) in [4.78, 5) is 8.20. The molecule has 0 aliphatic carbocycles. The summed E-state index contributed by atoms with van der Waals surface area (Å²) in [5.74, 6) is 0.669. The molecule has 6 N–H and O–H groups in total. The van der Waals surface area contributed by atoms with Crippen molar-refractivity contribution in [3.05, 3.63) is 11.8 Å². The van der Waals surface area contributed by atoms with Crippen molar-refractivity contribution >= 4 is 29.1 Å². The summed E-state index contributed by atoms with van der Waals surface area (Å²) in [6.45, 7) is 2.00. The quantitative estimate of drug-likeness (QED) is 0.697. The first-order valence-electron chi connectivity index (χ1n) is 5.40. The van der Waals surface area contributed by atoms with Crippen LogP contribution in [0, 0.1) is 0 Å². The van der Waals surface area contributed by atoms with E-state index in [1.54, 1.807) is 4.68 Å². The predicted molar refractivity (Wildman–Crippen MR) is 72.0 cm³/mol. The van der Waals surface area contributed by atoms with Crippen LogP contribution >= 0.6 is 11.8 Å². The van der Waals surface area contributed by atoms with E-state index in [4.69, 9.17) is 17.2 Å². The Bertz CT molecular complexity index is 558. The summed E-state index contributed by atoms with van der Waals surface area (Å²) in [5, 5.41) is 5.57. The van der Waals surface area contributed by atoms with Crippen LogP contribution in [0.25, 0.3) is 0 Å². The highest BCUT2D eigenvalue weighted by Gasteiger charge is 2.15. The van der Waals surface area contributed by atoms with Crippen LogP contribution in [0.1, 0.15) is 12.6 Å². The van der Waals surface area contributed by atoms with Crippen molar-refractivity contribution in [2.75, 3.05) is 17.2 Å². The second-order valence-corrected chi connectivity index (χ2v) is 4.70. The average Bonchev–Trinajstić information content (AvgIpc) is 2.55. The molecule has 0 unspecified atom stereocenters. The Kier molecular flexibility index (Phi) is 3.28. The van der Waals surface area contributed by atoms with Crippen molar-refractivity contribution in [3.63, 3.8) is 0 Å². The smallest absolute Gasteiger partial charge is 0.197 e. The Morgan fingerprint density at radius 2 is 1.83 bits per heavy atom. The summed E-state index contributed by atoms with van der Waals surface area (Å²) in [5.41, 5.74) is 18.8. The van der Waals surface area contributed by atoms with E-state index < -0.39 is 0 Å². The van der Waals surface area contributed by atoms with Gasteiger partial charge in [0.25, 0.3) is 0 Å². The minimum Gasteiger partial charge on any atom is -0.395 e. The maximum atomic E-state index is 6.02. The predicted octanol–water partition coefficient (Wildman–Crippen LogP) is 0.670. The molecule has 0 aromatic carbocycles. The molecule has 8 heteroatoms. The molecule has 0 aliphatic rings. The van der Waals surface area contributed by atoms with E-state index in [0.717, 1.165) is 17.1 Å². The van der Waals surface area contributed by atoms with Gasteiger partial charge in [-0.25, -0.2) is 9.97 Å². The summed E-state index contributed by atoms with van der Waals surface area (Å²) in [6.07, 6.45) is 0.778. The highest BCUT2D eigenvalue weighted by atomic mass is 32.2. The fourth-order valence-electron chi connectivity index (χ4n) is 1.55. The van der Waals surface area contributed by atoms with Crippen molar-refractivity contribution < 1.29 is 0 Å². The van der Waals surface area contributed by atoms with Crippen molar-refractivity contribution in [3.8, 4) is 0 Å². The van der Waals surface area contributed by atoms with Crippen LogP contribution in [-0.2, 0) is 13.5 Å². The Morgan fingerprint density at radius 3 is 2.33 bits per heavy atom. The van der Waals surface area contributed by atoms with E-state index in [1.807, 2.05) is 14.0 Å². The lowest BCUT2D eigenvalue weighted by atomic mass is 10.3. The normalized spacial score (nSPS) is 10.8. The minimum absolute atomic E-state index is 0.335. The Morgan fingerprint density at radius 1 is 1.22 bits per heavy atom. The third-order valence-electron chi connectivity index (χ3n) is 2.37. The van der Waals surface area contributed by atoms with Crippen molar-refractivity contribution in [1.82, 2.24) is 19.7 Å². The Balaban J connectivity index is 2.36. The molecule has 0 saturated carbocycles. The average molecular weight is 265 g/mol. The third-order valence-corrected chi connectivity index (χ3v) is 3.42. The zero-order valence-corrected chi connectivity index (χ0v) is 11.0. The molecular weight excluding hydrogens is 250 g/mol. The molecule has 2 aromatic heterocycles.